The summed E-state index contributed by atoms with van der Waals surface area (Å²) in [6, 6.07) is 4.18. The van der Waals surface area contributed by atoms with Crippen LogP contribution < -0.4 is 5.32 Å². The van der Waals surface area contributed by atoms with Crippen LogP contribution in [0.15, 0.2) is 27.6 Å². The number of amides is 1. The molecule has 112 valence electrons. The first-order chi connectivity index (χ1) is 9.05. The van der Waals surface area contributed by atoms with Gasteiger partial charge < -0.3 is 5.32 Å². The molecule has 0 aliphatic rings. The number of carbonyl (C=O) groups excluding carboxylic acids is 1. The van der Waals surface area contributed by atoms with Crippen LogP contribution in [-0.2, 0) is 9.05 Å². The minimum Gasteiger partial charge on any atom is -0.352 e. The van der Waals surface area contributed by atoms with Crippen LogP contribution in [0, 0.1) is 5.41 Å². The standard InChI is InChI=1S/C13H17BrClNO3S/c1-4-13(2,3)8-16-12(17)9-5-10(14)7-11(6-9)20(15,18)19/h5-7H,4,8H2,1-3H3,(H,16,17). The predicted molar refractivity (Wildman–Crippen MR) is 83.6 cm³/mol. The fraction of sp³-hybridized carbons (Fsp3) is 0.462. The summed E-state index contributed by atoms with van der Waals surface area (Å²) in [6.45, 7) is 6.65. The van der Waals surface area contributed by atoms with Crippen LogP contribution in [0.1, 0.15) is 37.6 Å². The van der Waals surface area contributed by atoms with Gasteiger partial charge in [0.05, 0.1) is 4.90 Å². The molecule has 0 unspecified atom stereocenters. The molecule has 1 aromatic rings. The predicted octanol–water partition coefficient (Wildman–Crippen LogP) is 3.54. The molecular weight excluding hydrogens is 366 g/mol. The quantitative estimate of drug-likeness (QED) is 0.792. The number of halogens is 2. The van der Waals surface area contributed by atoms with Crippen LogP contribution in [0.25, 0.3) is 0 Å². The number of hydrogen-bond acceptors (Lipinski definition) is 3. The number of hydrogen-bond donors (Lipinski definition) is 1. The highest BCUT2D eigenvalue weighted by Gasteiger charge is 2.19. The molecule has 0 aliphatic carbocycles. The third-order valence-electron chi connectivity index (χ3n) is 3.10. The third kappa shape index (κ3) is 5.07. The molecule has 20 heavy (non-hydrogen) atoms. The minimum absolute atomic E-state index is 0.0108. The first kappa shape index (κ1) is 17.5. The molecule has 0 radical (unpaired) electrons. The van der Waals surface area contributed by atoms with Gasteiger partial charge in [0.1, 0.15) is 0 Å². The SMILES string of the molecule is CCC(C)(C)CNC(=O)c1cc(Br)cc(S(=O)(=O)Cl)c1. The van der Waals surface area contributed by atoms with Gasteiger partial charge in [-0.05, 0) is 30.0 Å². The molecule has 0 atom stereocenters. The molecule has 0 saturated carbocycles. The van der Waals surface area contributed by atoms with E-state index in [4.69, 9.17) is 10.7 Å². The Hall–Kier alpha value is -0.590. The van der Waals surface area contributed by atoms with E-state index in [0.717, 1.165) is 6.42 Å². The molecule has 4 nitrogen and oxygen atoms in total. The van der Waals surface area contributed by atoms with E-state index in [0.29, 0.717) is 11.0 Å². The molecule has 0 aliphatic heterocycles. The van der Waals surface area contributed by atoms with Gasteiger partial charge in [-0.25, -0.2) is 8.42 Å². The van der Waals surface area contributed by atoms with E-state index in [1.54, 1.807) is 6.07 Å². The third-order valence-corrected chi connectivity index (χ3v) is 4.89. The normalized spacial score (nSPS) is 12.2. The van der Waals surface area contributed by atoms with E-state index in [1.807, 2.05) is 20.8 Å². The molecule has 0 bridgehead atoms. The maximum absolute atomic E-state index is 12.1. The fourth-order valence-corrected chi connectivity index (χ4v) is 2.83. The van der Waals surface area contributed by atoms with Gasteiger partial charge >= 0.3 is 0 Å². The van der Waals surface area contributed by atoms with Crippen molar-refractivity contribution >= 4 is 41.6 Å². The summed E-state index contributed by atoms with van der Waals surface area (Å²) in [5.41, 5.74) is 0.244. The van der Waals surface area contributed by atoms with Crippen LogP contribution in [0.4, 0.5) is 0 Å². The molecule has 0 saturated heterocycles. The van der Waals surface area contributed by atoms with Crippen molar-refractivity contribution in [3.8, 4) is 0 Å². The van der Waals surface area contributed by atoms with Crippen LogP contribution in [0.5, 0.6) is 0 Å². The fourth-order valence-electron chi connectivity index (χ4n) is 1.38. The number of rotatable bonds is 5. The Morgan fingerprint density at radius 2 is 1.95 bits per heavy atom. The first-order valence-corrected chi connectivity index (χ1v) is 9.19. The Labute approximate surface area is 132 Å². The molecule has 1 rings (SSSR count). The second-order valence-corrected chi connectivity index (χ2v) is 8.80. The average Bonchev–Trinajstić information content (AvgIpc) is 2.34. The van der Waals surface area contributed by atoms with Crippen molar-refractivity contribution in [1.82, 2.24) is 5.32 Å². The van der Waals surface area contributed by atoms with E-state index >= 15 is 0 Å². The van der Waals surface area contributed by atoms with Crippen molar-refractivity contribution in [3.63, 3.8) is 0 Å². The van der Waals surface area contributed by atoms with E-state index < -0.39 is 9.05 Å². The monoisotopic (exact) mass is 381 g/mol. The van der Waals surface area contributed by atoms with Gasteiger partial charge in [0.2, 0.25) is 0 Å². The summed E-state index contributed by atoms with van der Waals surface area (Å²) >= 11 is 3.17. The van der Waals surface area contributed by atoms with E-state index in [9.17, 15) is 13.2 Å². The number of carbonyl (C=O) groups is 1. The van der Waals surface area contributed by atoms with Crippen LogP contribution >= 0.6 is 26.6 Å². The summed E-state index contributed by atoms with van der Waals surface area (Å²) in [5.74, 6) is -0.325. The molecule has 1 N–H and O–H groups in total. The van der Waals surface area contributed by atoms with Gasteiger partial charge in [0, 0.05) is 27.3 Å². The lowest BCUT2D eigenvalue weighted by Crippen LogP contribution is -2.33. The molecular formula is C13H17BrClNO3S. The van der Waals surface area contributed by atoms with Gasteiger partial charge in [-0.15, -0.1) is 0 Å². The highest BCUT2D eigenvalue weighted by atomic mass is 79.9. The molecule has 0 heterocycles. The van der Waals surface area contributed by atoms with Crippen LogP contribution in [0.3, 0.4) is 0 Å². The topological polar surface area (TPSA) is 63.2 Å². The maximum atomic E-state index is 12.1. The van der Waals surface area contributed by atoms with Crippen molar-refractivity contribution in [3.05, 3.63) is 28.2 Å². The highest BCUT2D eigenvalue weighted by Crippen LogP contribution is 2.23. The van der Waals surface area contributed by atoms with Crippen LogP contribution in [-0.4, -0.2) is 20.9 Å². The Morgan fingerprint density at radius 3 is 2.45 bits per heavy atom. The molecule has 0 fully saturated rings. The minimum atomic E-state index is -3.87. The van der Waals surface area contributed by atoms with Gasteiger partial charge in [0.25, 0.3) is 15.0 Å². The summed E-state index contributed by atoms with van der Waals surface area (Å²) in [5, 5.41) is 2.80. The van der Waals surface area contributed by atoms with Gasteiger partial charge in [-0.3, -0.25) is 4.79 Å². The molecule has 0 aromatic heterocycles. The van der Waals surface area contributed by atoms with Crippen molar-refractivity contribution in [2.24, 2.45) is 5.41 Å². The first-order valence-electron chi connectivity index (χ1n) is 6.08. The lowest BCUT2D eigenvalue weighted by atomic mass is 9.90. The summed E-state index contributed by atoms with van der Waals surface area (Å²) in [4.78, 5) is 12.0. The molecule has 7 heteroatoms. The zero-order chi connectivity index (χ0) is 15.6. The lowest BCUT2D eigenvalue weighted by Gasteiger charge is -2.22. The molecule has 0 spiro atoms. The smallest absolute Gasteiger partial charge is 0.261 e. The Bertz CT molecular complexity index is 614. The highest BCUT2D eigenvalue weighted by molar-refractivity contribution is 9.10. The van der Waals surface area contributed by atoms with Crippen molar-refractivity contribution in [2.45, 2.75) is 32.1 Å². The lowest BCUT2D eigenvalue weighted by molar-refractivity contribution is 0.0935. The van der Waals surface area contributed by atoms with Gasteiger partial charge in [-0.1, -0.05) is 36.7 Å². The number of benzene rings is 1. The van der Waals surface area contributed by atoms with Gasteiger partial charge in [0.15, 0.2) is 0 Å². The molecule has 1 amide bonds. The summed E-state index contributed by atoms with van der Waals surface area (Å²) < 4.78 is 23.2. The Morgan fingerprint density at radius 1 is 1.35 bits per heavy atom. The van der Waals surface area contributed by atoms with Crippen molar-refractivity contribution < 1.29 is 13.2 Å². The maximum Gasteiger partial charge on any atom is 0.261 e. The Balaban J connectivity index is 2.97. The summed E-state index contributed by atoms with van der Waals surface area (Å²) in [6.07, 6.45) is 0.924. The molecule has 1 aromatic carbocycles. The van der Waals surface area contributed by atoms with Gasteiger partial charge in [-0.2, -0.15) is 0 Å². The van der Waals surface area contributed by atoms with Crippen molar-refractivity contribution in [2.75, 3.05) is 6.54 Å². The summed E-state index contributed by atoms with van der Waals surface area (Å²) in [7, 11) is 1.43. The second kappa shape index (κ2) is 6.45. The average molecular weight is 383 g/mol. The zero-order valence-corrected chi connectivity index (χ0v) is 14.7. The van der Waals surface area contributed by atoms with Crippen LogP contribution in [0.2, 0.25) is 0 Å². The van der Waals surface area contributed by atoms with E-state index in [2.05, 4.69) is 21.2 Å². The van der Waals surface area contributed by atoms with E-state index in [1.165, 1.54) is 12.1 Å². The van der Waals surface area contributed by atoms with Crippen molar-refractivity contribution in [1.29, 1.82) is 0 Å². The largest absolute Gasteiger partial charge is 0.352 e. The Kier molecular flexibility index (Phi) is 5.63. The van der Waals surface area contributed by atoms with E-state index in [-0.39, 0.29) is 21.8 Å². The zero-order valence-electron chi connectivity index (χ0n) is 11.5. The number of nitrogens with one attached hydrogen (secondary N) is 1. The second-order valence-electron chi connectivity index (χ2n) is 5.31.